The molecule has 0 radical (unpaired) electrons. The zero-order valence-electron chi connectivity index (χ0n) is 23.6. The SMILES string of the molecule is CCCCN(C)C(=O)c1cc2nccc(Oc3ccc4c(c3)c(C)c(C)n4C(=O)NC)c2s1.CN.CNC. The number of aromatic nitrogens is 2. The number of thiophene rings is 1. The normalized spacial score (nSPS) is 10.3. The number of hydrogen-bond donors (Lipinski definition) is 3. The van der Waals surface area contributed by atoms with Crippen molar-refractivity contribution in [3.8, 4) is 11.5 Å². The first kappa shape index (κ1) is 30.8. The third-order valence-electron chi connectivity index (χ3n) is 5.92. The van der Waals surface area contributed by atoms with Gasteiger partial charge in [-0.15, -0.1) is 11.3 Å². The first-order valence-electron chi connectivity index (χ1n) is 12.6. The molecule has 0 fully saturated rings. The first-order valence-corrected chi connectivity index (χ1v) is 13.4. The number of hydrogen-bond acceptors (Lipinski definition) is 7. The second kappa shape index (κ2) is 14.5. The number of fused-ring (bicyclic) bond motifs is 2. The Labute approximate surface area is 229 Å². The molecule has 0 aliphatic heterocycles. The van der Waals surface area contributed by atoms with E-state index in [0.29, 0.717) is 16.4 Å². The molecule has 0 aliphatic rings. The van der Waals surface area contributed by atoms with Crippen molar-refractivity contribution in [1.29, 1.82) is 0 Å². The highest BCUT2D eigenvalue weighted by molar-refractivity contribution is 7.21. The van der Waals surface area contributed by atoms with E-state index in [1.807, 2.05) is 65.3 Å². The molecule has 206 valence electrons. The van der Waals surface area contributed by atoms with Gasteiger partial charge in [0.05, 0.1) is 20.6 Å². The predicted molar refractivity (Wildman–Crippen MR) is 158 cm³/mol. The minimum Gasteiger partial charge on any atom is -0.456 e. The Morgan fingerprint density at radius 2 is 1.82 bits per heavy atom. The molecule has 0 unspecified atom stereocenters. The van der Waals surface area contributed by atoms with Crippen LogP contribution in [0.1, 0.15) is 40.7 Å². The molecule has 3 aromatic heterocycles. The fraction of sp³-hybridized carbons (Fsp3) is 0.393. The van der Waals surface area contributed by atoms with Crippen LogP contribution < -0.4 is 21.1 Å². The van der Waals surface area contributed by atoms with E-state index in [0.717, 1.165) is 51.8 Å². The van der Waals surface area contributed by atoms with Gasteiger partial charge in [0.1, 0.15) is 11.5 Å². The minimum atomic E-state index is -0.171. The number of pyridine rings is 1. The minimum absolute atomic E-state index is 0.000426. The number of carbonyl (C=O) groups is 2. The molecule has 0 saturated carbocycles. The van der Waals surface area contributed by atoms with Gasteiger partial charge in [-0.25, -0.2) is 4.79 Å². The average Bonchev–Trinajstić information content (AvgIpc) is 3.48. The fourth-order valence-electron chi connectivity index (χ4n) is 3.90. The molecule has 0 atom stereocenters. The smallest absolute Gasteiger partial charge is 0.325 e. The number of carbonyl (C=O) groups excluding carboxylic acids is 2. The van der Waals surface area contributed by atoms with Gasteiger partial charge in [-0.2, -0.15) is 0 Å². The summed E-state index contributed by atoms with van der Waals surface area (Å²) in [6.07, 6.45) is 3.71. The van der Waals surface area contributed by atoms with Crippen LogP contribution in [0.4, 0.5) is 4.79 Å². The van der Waals surface area contributed by atoms with E-state index < -0.39 is 0 Å². The van der Waals surface area contributed by atoms with Crippen LogP contribution in [0, 0.1) is 13.8 Å². The third-order valence-corrected chi connectivity index (χ3v) is 7.04. The number of unbranched alkanes of at least 4 members (excludes halogenated alkanes) is 1. The topological polar surface area (TPSA) is 115 Å². The molecule has 0 aliphatic carbocycles. The standard InChI is InChI=1S/C25H28N4O3S.C2H7N.CH5N/c1-6-7-12-28(5)24(30)22-14-19-23(33-22)21(10-11-27-19)32-17-8-9-20-18(13-17)15(2)16(3)29(20)25(31)26-4;1-3-2;1-2/h8-11,13-14H,6-7,12H2,1-5H3,(H,26,31);3H,1-2H3;2H2,1H3. The van der Waals surface area contributed by atoms with Gasteiger partial charge < -0.3 is 26.0 Å². The summed E-state index contributed by atoms with van der Waals surface area (Å²) in [5.74, 6) is 1.31. The molecular formula is C28H40N6O3S. The lowest BCUT2D eigenvalue weighted by atomic mass is 10.1. The van der Waals surface area contributed by atoms with E-state index in [-0.39, 0.29) is 11.9 Å². The first-order chi connectivity index (χ1) is 18.3. The lowest BCUT2D eigenvalue weighted by molar-refractivity contribution is 0.0798. The third kappa shape index (κ3) is 6.69. The second-order valence-electron chi connectivity index (χ2n) is 8.60. The van der Waals surface area contributed by atoms with Gasteiger partial charge in [0.25, 0.3) is 5.91 Å². The monoisotopic (exact) mass is 540 g/mol. The molecule has 3 heterocycles. The molecule has 2 amide bonds. The van der Waals surface area contributed by atoms with Gasteiger partial charge in [-0.05, 0) is 71.2 Å². The Balaban J connectivity index is 0.000000947. The summed E-state index contributed by atoms with van der Waals surface area (Å²) in [7, 11) is 8.70. The summed E-state index contributed by atoms with van der Waals surface area (Å²) < 4.78 is 8.75. The highest BCUT2D eigenvalue weighted by atomic mass is 32.1. The van der Waals surface area contributed by atoms with Crippen molar-refractivity contribution in [2.24, 2.45) is 5.73 Å². The molecule has 10 heteroatoms. The molecule has 0 saturated heterocycles. The maximum absolute atomic E-state index is 12.8. The summed E-state index contributed by atoms with van der Waals surface area (Å²) in [5, 5.41) is 6.40. The summed E-state index contributed by atoms with van der Waals surface area (Å²) in [5.41, 5.74) is 7.98. The molecule has 1 aromatic carbocycles. The van der Waals surface area contributed by atoms with Gasteiger partial charge in [-0.3, -0.25) is 14.3 Å². The Kier molecular flexibility index (Phi) is 11.7. The van der Waals surface area contributed by atoms with Gasteiger partial charge >= 0.3 is 6.03 Å². The predicted octanol–water partition coefficient (Wildman–Crippen LogP) is 5.13. The van der Waals surface area contributed by atoms with Crippen molar-refractivity contribution in [3.05, 3.63) is 52.7 Å². The zero-order valence-corrected chi connectivity index (χ0v) is 24.5. The fourth-order valence-corrected chi connectivity index (χ4v) is 4.96. The largest absolute Gasteiger partial charge is 0.456 e. The van der Waals surface area contributed by atoms with Crippen LogP contribution in [0.2, 0.25) is 0 Å². The number of nitrogens with two attached hydrogens (primary N) is 1. The number of ether oxygens (including phenoxy) is 1. The molecule has 4 N–H and O–H groups in total. The van der Waals surface area contributed by atoms with Crippen molar-refractivity contribution in [2.45, 2.75) is 33.6 Å². The van der Waals surface area contributed by atoms with Crippen LogP contribution in [-0.2, 0) is 0 Å². The maximum atomic E-state index is 12.8. The van der Waals surface area contributed by atoms with E-state index in [9.17, 15) is 9.59 Å². The van der Waals surface area contributed by atoms with Gasteiger partial charge in [0.2, 0.25) is 0 Å². The number of aryl methyl sites for hydroxylation is 1. The summed E-state index contributed by atoms with van der Waals surface area (Å²) in [6, 6.07) is 9.16. The maximum Gasteiger partial charge on any atom is 0.325 e. The van der Waals surface area contributed by atoms with E-state index >= 15 is 0 Å². The van der Waals surface area contributed by atoms with Crippen LogP contribution in [0.25, 0.3) is 21.1 Å². The van der Waals surface area contributed by atoms with E-state index in [1.165, 1.54) is 18.4 Å². The lowest BCUT2D eigenvalue weighted by Gasteiger charge is -2.15. The molecule has 4 rings (SSSR count). The highest BCUT2D eigenvalue weighted by Crippen LogP contribution is 2.37. The van der Waals surface area contributed by atoms with Crippen LogP contribution >= 0.6 is 11.3 Å². The number of nitrogens with zero attached hydrogens (tertiary/aromatic N) is 3. The van der Waals surface area contributed by atoms with Crippen LogP contribution in [0.5, 0.6) is 11.5 Å². The Bertz CT molecular complexity index is 1380. The molecule has 4 aromatic rings. The Morgan fingerprint density at radius 3 is 2.45 bits per heavy atom. The zero-order chi connectivity index (χ0) is 28.4. The molecule has 0 spiro atoms. The van der Waals surface area contributed by atoms with Crippen molar-refractivity contribution in [2.75, 3.05) is 41.8 Å². The van der Waals surface area contributed by atoms with Crippen LogP contribution in [-0.4, -0.2) is 68.2 Å². The number of benzene rings is 1. The summed E-state index contributed by atoms with van der Waals surface area (Å²) in [6.45, 7) is 6.77. The summed E-state index contributed by atoms with van der Waals surface area (Å²) >= 11 is 1.40. The highest BCUT2D eigenvalue weighted by Gasteiger charge is 2.19. The summed E-state index contributed by atoms with van der Waals surface area (Å²) in [4.78, 5) is 32.0. The second-order valence-corrected chi connectivity index (χ2v) is 9.65. The van der Waals surface area contributed by atoms with Crippen molar-refractivity contribution in [3.63, 3.8) is 0 Å². The molecule has 9 nitrogen and oxygen atoms in total. The quantitative estimate of drug-likeness (QED) is 0.312. The van der Waals surface area contributed by atoms with E-state index in [2.05, 4.69) is 28.3 Å². The Morgan fingerprint density at radius 1 is 1.13 bits per heavy atom. The van der Waals surface area contributed by atoms with Gasteiger partial charge in [0.15, 0.2) is 0 Å². The van der Waals surface area contributed by atoms with Crippen molar-refractivity contribution < 1.29 is 14.3 Å². The number of nitrogens with one attached hydrogen (secondary N) is 2. The average molecular weight is 541 g/mol. The Hall–Kier alpha value is -3.47. The van der Waals surface area contributed by atoms with Crippen molar-refractivity contribution in [1.82, 2.24) is 25.1 Å². The molecular weight excluding hydrogens is 500 g/mol. The number of rotatable bonds is 6. The van der Waals surface area contributed by atoms with E-state index in [4.69, 9.17) is 4.74 Å². The van der Waals surface area contributed by atoms with Gasteiger partial charge in [0, 0.05) is 44.0 Å². The lowest BCUT2D eigenvalue weighted by Crippen LogP contribution is -2.26. The van der Waals surface area contributed by atoms with Crippen LogP contribution in [0.15, 0.2) is 36.5 Å². The van der Waals surface area contributed by atoms with Gasteiger partial charge in [-0.1, -0.05) is 13.3 Å². The molecule has 0 bridgehead atoms. The number of amides is 2. The van der Waals surface area contributed by atoms with E-state index in [1.54, 1.807) is 22.7 Å². The molecule has 38 heavy (non-hydrogen) atoms. The van der Waals surface area contributed by atoms with Crippen LogP contribution in [0.3, 0.4) is 0 Å². The van der Waals surface area contributed by atoms with Crippen molar-refractivity contribution >= 4 is 44.4 Å².